The number of amides is 1. The Kier molecular flexibility index (Phi) is 5.58. The third kappa shape index (κ3) is 5.07. The van der Waals surface area contributed by atoms with Crippen LogP contribution in [0.2, 0.25) is 0 Å². The molecule has 3 N–H and O–H groups in total. The van der Waals surface area contributed by atoms with E-state index in [0.717, 1.165) is 16.7 Å². The largest absolute Gasteiger partial charge is 0.484 e. The van der Waals surface area contributed by atoms with Crippen LogP contribution in [0.25, 0.3) is 0 Å². The Morgan fingerprint density at radius 3 is 2.38 bits per heavy atom. The molecule has 128 valence electrons. The molecule has 0 heterocycles. The fourth-order valence-electron chi connectivity index (χ4n) is 2.15. The number of nitrogens with two attached hydrogens (primary N) is 1. The van der Waals surface area contributed by atoms with Gasteiger partial charge in [-0.1, -0.05) is 29.8 Å². The predicted molar refractivity (Wildman–Crippen MR) is 91.1 cm³/mol. The standard InChI is InChI=1S/C17H20N2O4S/c1-12-3-8-16(13(2)9-12)23-11-17(20)19-10-14-4-6-15(7-5-14)24(18,21)22/h3-9H,10-11H2,1-2H3,(H,19,20)(H2,18,21,22). The fraction of sp³-hybridized carbons (Fsp3) is 0.235. The molecule has 0 aliphatic rings. The van der Waals surface area contributed by atoms with Gasteiger partial charge in [0.25, 0.3) is 5.91 Å². The zero-order valence-electron chi connectivity index (χ0n) is 13.6. The predicted octanol–water partition coefficient (Wildman–Crippen LogP) is 1.65. The molecule has 2 aromatic rings. The second-order valence-electron chi connectivity index (χ2n) is 5.52. The molecule has 2 aromatic carbocycles. The smallest absolute Gasteiger partial charge is 0.258 e. The number of hydrogen-bond donors (Lipinski definition) is 2. The van der Waals surface area contributed by atoms with Crippen molar-refractivity contribution >= 4 is 15.9 Å². The number of hydrogen-bond acceptors (Lipinski definition) is 4. The van der Waals surface area contributed by atoms with Gasteiger partial charge in [-0.3, -0.25) is 4.79 Å². The van der Waals surface area contributed by atoms with Gasteiger partial charge in [0.05, 0.1) is 4.90 Å². The van der Waals surface area contributed by atoms with E-state index in [1.807, 2.05) is 32.0 Å². The van der Waals surface area contributed by atoms with Gasteiger partial charge < -0.3 is 10.1 Å². The van der Waals surface area contributed by atoms with Crippen LogP contribution in [0.15, 0.2) is 47.4 Å². The first-order valence-electron chi connectivity index (χ1n) is 7.34. The third-order valence-electron chi connectivity index (χ3n) is 3.43. The van der Waals surface area contributed by atoms with Gasteiger partial charge in [0.15, 0.2) is 6.61 Å². The average molecular weight is 348 g/mol. The maximum absolute atomic E-state index is 11.8. The normalized spacial score (nSPS) is 11.1. The monoisotopic (exact) mass is 348 g/mol. The average Bonchev–Trinajstić information content (AvgIpc) is 2.51. The Morgan fingerprint density at radius 1 is 1.12 bits per heavy atom. The number of benzene rings is 2. The Morgan fingerprint density at radius 2 is 1.79 bits per heavy atom. The maximum atomic E-state index is 11.8. The molecular weight excluding hydrogens is 328 g/mol. The lowest BCUT2D eigenvalue weighted by Gasteiger charge is -2.10. The number of nitrogens with one attached hydrogen (secondary N) is 1. The van der Waals surface area contributed by atoms with Crippen LogP contribution in [-0.4, -0.2) is 20.9 Å². The van der Waals surface area contributed by atoms with Gasteiger partial charge >= 0.3 is 0 Å². The summed E-state index contributed by atoms with van der Waals surface area (Å²) in [6, 6.07) is 11.8. The fourth-order valence-corrected chi connectivity index (χ4v) is 2.67. The number of carbonyl (C=O) groups is 1. The molecule has 0 atom stereocenters. The third-order valence-corrected chi connectivity index (χ3v) is 4.36. The van der Waals surface area contributed by atoms with Crippen molar-refractivity contribution in [2.24, 2.45) is 5.14 Å². The van der Waals surface area contributed by atoms with Gasteiger partial charge in [0.2, 0.25) is 10.0 Å². The summed E-state index contributed by atoms with van der Waals surface area (Å²) in [5, 5.41) is 7.74. The van der Waals surface area contributed by atoms with Gasteiger partial charge in [-0.15, -0.1) is 0 Å². The molecule has 0 fully saturated rings. The number of carbonyl (C=O) groups excluding carboxylic acids is 1. The quantitative estimate of drug-likeness (QED) is 0.829. The van der Waals surface area contributed by atoms with Crippen molar-refractivity contribution < 1.29 is 17.9 Å². The Bertz CT molecular complexity index is 830. The highest BCUT2D eigenvalue weighted by molar-refractivity contribution is 7.89. The van der Waals surface area contributed by atoms with E-state index in [2.05, 4.69) is 5.32 Å². The molecule has 24 heavy (non-hydrogen) atoms. The minimum Gasteiger partial charge on any atom is -0.484 e. The molecule has 0 aliphatic heterocycles. The zero-order chi connectivity index (χ0) is 17.7. The molecule has 0 spiro atoms. The first-order valence-corrected chi connectivity index (χ1v) is 8.89. The summed E-state index contributed by atoms with van der Waals surface area (Å²) < 4.78 is 27.8. The van der Waals surface area contributed by atoms with E-state index in [9.17, 15) is 13.2 Å². The van der Waals surface area contributed by atoms with Crippen molar-refractivity contribution in [2.45, 2.75) is 25.3 Å². The molecule has 2 rings (SSSR count). The van der Waals surface area contributed by atoms with Gasteiger partial charge in [-0.2, -0.15) is 0 Å². The summed E-state index contributed by atoms with van der Waals surface area (Å²) >= 11 is 0. The molecule has 1 amide bonds. The van der Waals surface area contributed by atoms with Gasteiger partial charge in [-0.25, -0.2) is 13.6 Å². The molecule has 0 unspecified atom stereocenters. The van der Waals surface area contributed by atoms with E-state index >= 15 is 0 Å². The topological polar surface area (TPSA) is 98.5 Å². The molecular formula is C17H20N2O4S. The molecule has 6 nitrogen and oxygen atoms in total. The number of rotatable bonds is 6. The number of sulfonamides is 1. The van der Waals surface area contributed by atoms with Gasteiger partial charge in [0.1, 0.15) is 5.75 Å². The summed E-state index contributed by atoms with van der Waals surface area (Å²) in [4.78, 5) is 11.9. The van der Waals surface area contributed by atoms with E-state index in [4.69, 9.17) is 9.88 Å². The Labute approximate surface area is 141 Å². The van der Waals surface area contributed by atoms with Crippen molar-refractivity contribution in [3.63, 3.8) is 0 Å². The maximum Gasteiger partial charge on any atom is 0.258 e. The van der Waals surface area contributed by atoms with Crippen LogP contribution in [0.3, 0.4) is 0 Å². The van der Waals surface area contributed by atoms with Crippen molar-refractivity contribution in [2.75, 3.05) is 6.61 Å². The van der Waals surface area contributed by atoms with Crippen LogP contribution in [0.1, 0.15) is 16.7 Å². The molecule has 0 aromatic heterocycles. The molecule has 0 aliphatic carbocycles. The lowest BCUT2D eigenvalue weighted by atomic mass is 10.1. The van der Waals surface area contributed by atoms with Crippen LogP contribution in [0.5, 0.6) is 5.75 Å². The highest BCUT2D eigenvalue weighted by Crippen LogP contribution is 2.18. The molecule has 0 bridgehead atoms. The minimum absolute atomic E-state index is 0.0377. The zero-order valence-corrected chi connectivity index (χ0v) is 14.4. The first-order chi connectivity index (χ1) is 11.3. The summed E-state index contributed by atoms with van der Waals surface area (Å²) in [5.74, 6) is 0.416. The lowest BCUT2D eigenvalue weighted by Crippen LogP contribution is -2.28. The molecule has 7 heteroatoms. The van der Waals surface area contributed by atoms with E-state index in [-0.39, 0.29) is 24.0 Å². The number of primary sulfonamides is 1. The number of aryl methyl sites for hydroxylation is 2. The number of ether oxygens (including phenoxy) is 1. The first kappa shape index (κ1) is 18.0. The van der Waals surface area contributed by atoms with Gasteiger partial charge in [-0.05, 0) is 43.2 Å². The van der Waals surface area contributed by atoms with Crippen LogP contribution < -0.4 is 15.2 Å². The highest BCUT2D eigenvalue weighted by atomic mass is 32.2. The minimum atomic E-state index is -3.70. The summed E-state index contributed by atoms with van der Waals surface area (Å²) in [5.41, 5.74) is 2.87. The van der Waals surface area contributed by atoms with E-state index in [0.29, 0.717) is 5.75 Å². The van der Waals surface area contributed by atoms with Crippen LogP contribution >= 0.6 is 0 Å². The molecule has 0 saturated carbocycles. The summed E-state index contributed by atoms with van der Waals surface area (Å²) in [6.07, 6.45) is 0. The van der Waals surface area contributed by atoms with E-state index < -0.39 is 10.0 Å². The molecule has 0 radical (unpaired) electrons. The lowest BCUT2D eigenvalue weighted by molar-refractivity contribution is -0.123. The second-order valence-corrected chi connectivity index (χ2v) is 7.08. The molecule has 0 saturated heterocycles. The summed E-state index contributed by atoms with van der Waals surface area (Å²) in [6.45, 7) is 4.11. The second kappa shape index (κ2) is 7.46. The van der Waals surface area contributed by atoms with Crippen molar-refractivity contribution in [1.82, 2.24) is 5.32 Å². The van der Waals surface area contributed by atoms with Crippen molar-refractivity contribution in [1.29, 1.82) is 0 Å². The van der Waals surface area contributed by atoms with Gasteiger partial charge in [0, 0.05) is 6.54 Å². The Balaban J connectivity index is 1.85. The Hall–Kier alpha value is -2.38. The van der Waals surface area contributed by atoms with Crippen molar-refractivity contribution in [3.05, 3.63) is 59.2 Å². The van der Waals surface area contributed by atoms with E-state index in [1.54, 1.807) is 12.1 Å². The van der Waals surface area contributed by atoms with E-state index in [1.165, 1.54) is 12.1 Å². The van der Waals surface area contributed by atoms with Crippen LogP contribution in [-0.2, 0) is 21.4 Å². The SMILES string of the molecule is Cc1ccc(OCC(=O)NCc2ccc(S(N)(=O)=O)cc2)c(C)c1. The summed E-state index contributed by atoms with van der Waals surface area (Å²) in [7, 11) is -3.70. The van der Waals surface area contributed by atoms with Crippen LogP contribution in [0, 0.1) is 13.8 Å². The van der Waals surface area contributed by atoms with Crippen molar-refractivity contribution in [3.8, 4) is 5.75 Å². The highest BCUT2D eigenvalue weighted by Gasteiger charge is 2.08. The van der Waals surface area contributed by atoms with Crippen LogP contribution in [0.4, 0.5) is 0 Å².